The minimum absolute atomic E-state index is 0.0436. The minimum atomic E-state index is -0.271. The molecular formula is C35H41N5O3. The van der Waals surface area contributed by atoms with Crippen molar-refractivity contribution in [3.05, 3.63) is 84.2 Å². The second-order valence-electron chi connectivity index (χ2n) is 12.3. The number of morpholine rings is 2. The Kier molecular flexibility index (Phi) is 8.61. The zero-order chi connectivity index (χ0) is 29.8. The highest BCUT2D eigenvalue weighted by atomic mass is 16.5. The lowest BCUT2D eigenvalue weighted by atomic mass is 9.86. The first-order chi connectivity index (χ1) is 20.8. The first-order valence-electron chi connectivity index (χ1n) is 15.2. The number of carbonyl (C=O) groups is 1. The van der Waals surface area contributed by atoms with Gasteiger partial charge < -0.3 is 25.0 Å². The van der Waals surface area contributed by atoms with Crippen LogP contribution in [0.5, 0.6) is 0 Å². The van der Waals surface area contributed by atoms with Gasteiger partial charge in [0.2, 0.25) is 0 Å². The fraction of sp³-hybridized carbons (Fsp3) is 0.371. The van der Waals surface area contributed by atoms with Gasteiger partial charge in [-0.05, 0) is 46.2 Å². The summed E-state index contributed by atoms with van der Waals surface area (Å²) >= 11 is 0. The second kappa shape index (κ2) is 12.7. The van der Waals surface area contributed by atoms with Crippen molar-refractivity contribution >= 4 is 33.9 Å². The zero-order valence-corrected chi connectivity index (χ0v) is 25.4. The molecular weight excluding hydrogens is 538 g/mol. The largest absolute Gasteiger partial charge is 0.379 e. The number of ether oxygens (including phenoxy) is 2. The summed E-state index contributed by atoms with van der Waals surface area (Å²) < 4.78 is 11.0. The molecule has 2 amide bonds. The molecule has 0 aliphatic carbocycles. The molecule has 3 aromatic carbocycles. The number of amides is 2. The zero-order valence-electron chi connectivity index (χ0n) is 25.4. The van der Waals surface area contributed by atoms with Gasteiger partial charge in [-0.2, -0.15) is 0 Å². The van der Waals surface area contributed by atoms with E-state index < -0.39 is 0 Å². The monoisotopic (exact) mass is 579 g/mol. The van der Waals surface area contributed by atoms with Crippen molar-refractivity contribution < 1.29 is 14.3 Å². The Hall–Kier alpha value is -3.98. The molecule has 8 heteroatoms. The van der Waals surface area contributed by atoms with E-state index in [9.17, 15) is 4.79 Å². The molecule has 0 radical (unpaired) electrons. The number of anilines is 3. The Morgan fingerprint density at radius 2 is 1.51 bits per heavy atom. The molecule has 0 atom stereocenters. The van der Waals surface area contributed by atoms with Gasteiger partial charge in [0, 0.05) is 49.9 Å². The van der Waals surface area contributed by atoms with Gasteiger partial charge in [-0.1, -0.05) is 63.2 Å². The van der Waals surface area contributed by atoms with E-state index in [0.717, 1.165) is 90.6 Å². The molecule has 2 fully saturated rings. The molecule has 4 aromatic rings. The molecule has 2 aliphatic rings. The molecule has 2 N–H and O–H groups in total. The number of pyridine rings is 1. The predicted octanol–water partition coefficient (Wildman–Crippen LogP) is 6.51. The average Bonchev–Trinajstić information content (AvgIpc) is 3.02. The third-order valence-electron chi connectivity index (χ3n) is 8.26. The van der Waals surface area contributed by atoms with Crippen LogP contribution < -0.4 is 15.5 Å². The maximum absolute atomic E-state index is 13.5. The van der Waals surface area contributed by atoms with Gasteiger partial charge in [0.05, 0.1) is 49.2 Å². The van der Waals surface area contributed by atoms with Crippen LogP contribution >= 0.6 is 0 Å². The molecule has 8 nitrogen and oxygen atoms in total. The first kappa shape index (κ1) is 29.1. The lowest BCUT2D eigenvalue weighted by Crippen LogP contribution is -2.37. The standard InChI is InChI=1S/C35H41N5O3/c1-35(2,3)26-9-13-33(40-16-20-43-21-17-40)32(22-26)38-34(41)37-31-12-11-28(29-6-4-5-7-30(29)31)25-8-10-27(36-23-25)24-39-14-18-42-19-15-39/h4-13,22-23H,14-21,24H2,1-3H3,(H2,37,38,41). The van der Waals surface area contributed by atoms with Crippen LogP contribution in [0.2, 0.25) is 0 Å². The van der Waals surface area contributed by atoms with E-state index in [0.29, 0.717) is 13.2 Å². The van der Waals surface area contributed by atoms with E-state index in [4.69, 9.17) is 14.5 Å². The van der Waals surface area contributed by atoms with Gasteiger partial charge in [0.1, 0.15) is 0 Å². The third kappa shape index (κ3) is 6.82. The Morgan fingerprint density at radius 3 is 2.21 bits per heavy atom. The molecule has 0 spiro atoms. The number of rotatable bonds is 6. The smallest absolute Gasteiger partial charge is 0.323 e. The molecule has 43 heavy (non-hydrogen) atoms. The van der Waals surface area contributed by atoms with Gasteiger partial charge in [-0.3, -0.25) is 9.88 Å². The minimum Gasteiger partial charge on any atom is -0.379 e. The number of hydrogen-bond donors (Lipinski definition) is 2. The summed E-state index contributed by atoms with van der Waals surface area (Å²) in [6.07, 6.45) is 1.95. The van der Waals surface area contributed by atoms with Crippen molar-refractivity contribution in [1.82, 2.24) is 9.88 Å². The summed E-state index contributed by atoms with van der Waals surface area (Å²) in [4.78, 5) is 22.9. The number of urea groups is 1. The van der Waals surface area contributed by atoms with Crippen LogP contribution in [0, 0.1) is 0 Å². The van der Waals surface area contributed by atoms with Crippen molar-refractivity contribution in [2.24, 2.45) is 0 Å². The van der Waals surface area contributed by atoms with Crippen LogP contribution in [-0.4, -0.2) is 68.5 Å². The quantitative estimate of drug-likeness (QED) is 0.271. The Labute approximate surface area is 254 Å². The number of fused-ring (bicyclic) bond motifs is 1. The number of hydrogen-bond acceptors (Lipinski definition) is 6. The molecule has 3 heterocycles. The van der Waals surface area contributed by atoms with Crippen molar-refractivity contribution in [2.45, 2.75) is 32.7 Å². The number of carbonyl (C=O) groups excluding carboxylic acids is 1. The Balaban J connectivity index is 1.23. The van der Waals surface area contributed by atoms with Gasteiger partial charge in [0.25, 0.3) is 0 Å². The summed E-state index contributed by atoms with van der Waals surface area (Å²) in [5.74, 6) is 0. The molecule has 1 aromatic heterocycles. The summed E-state index contributed by atoms with van der Waals surface area (Å²) in [6, 6.07) is 22.6. The normalized spacial score (nSPS) is 16.3. The third-order valence-corrected chi connectivity index (χ3v) is 8.26. The molecule has 0 bridgehead atoms. The van der Waals surface area contributed by atoms with Crippen LogP contribution in [-0.2, 0) is 21.4 Å². The van der Waals surface area contributed by atoms with Crippen molar-refractivity contribution in [3.63, 3.8) is 0 Å². The second-order valence-corrected chi connectivity index (χ2v) is 12.3. The van der Waals surface area contributed by atoms with Gasteiger partial charge >= 0.3 is 6.03 Å². The van der Waals surface area contributed by atoms with Gasteiger partial charge in [-0.15, -0.1) is 0 Å². The topological polar surface area (TPSA) is 79.0 Å². The molecule has 0 saturated carbocycles. The SMILES string of the molecule is CC(C)(C)c1ccc(N2CCOCC2)c(NC(=O)Nc2ccc(-c3ccc(CN4CCOCC4)nc3)c3ccccc23)c1. The van der Waals surface area contributed by atoms with Gasteiger partial charge in [0.15, 0.2) is 0 Å². The van der Waals surface area contributed by atoms with E-state index >= 15 is 0 Å². The van der Waals surface area contributed by atoms with Crippen LogP contribution in [0.15, 0.2) is 72.9 Å². The van der Waals surface area contributed by atoms with E-state index in [1.165, 1.54) is 5.56 Å². The predicted molar refractivity (Wildman–Crippen MR) is 174 cm³/mol. The summed E-state index contributed by atoms with van der Waals surface area (Å²) in [5.41, 5.74) is 6.88. The number of aromatic nitrogens is 1. The maximum Gasteiger partial charge on any atom is 0.323 e. The summed E-state index contributed by atoms with van der Waals surface area (Å²) in [5, 5.41) is 8.33. The van der Waals surface area contributed by atoms with Crippen LogP contribution in [0.25, 0.3) is 21.9 Å². The number of nitrogens with zero attached hydrogens (tertiary/aromatic N) is 3. The fourth-order valence-electron chi connectivity index (χ4n) is 5.78. The number of nitrogens with one attached hydrogen (secondary N) is 2. The maximum atomic E-state index is 13.5. The van der Waals surface area contributed by atoms with E-state index in [1.807, 2.05) is 30.5 Å². The van der Waals surface area contributed by atoms with Crippen molar-refractivity contribution in [1.29, 1.82) is 0 Å². The lowest BCUT2D eigenvalue weighted by Gasteiger charge is -2.31. The van der Waals surface area contributed by atoms with Crippen LogP contribution in [0.3, 0.4) is 0 Å². The fourth-order valence-corrected chi connectivity index (χ4v) is 5.78. The highest BCUT2D eigenvalue weighted by Gasteiger charge is 2.21. The van der Waals surface area contributed by atoms with E-state index in [2.05, 4.69) is 83.7 Å². The highest BCUT2D eigenvalue weighted by Crippen LogP contribution is 2.35. The molecule has 2 saturated heterocycles. The van der Waals surface area contributed by atoms with E-state index in [-0.39, 0.29) is 11.4 Å². The molecule has 224 valence electrons. The first-order valence-corrected chi connectivity index (χ1v) is 15.2. The van der Waals surface area contributed by atoms with Crippen molar-refractivity contribution in [2.75, 3.05) is 68.1 Å². The number of benzene rings is 3. The summed E-state index contributed by atoms with van der Waals surface area (Å²) in [7, 11) is 0. The van der Waals surface area contributed by atoms with Gasteiger partial charge in [-0.25, -0.2) is 4.79 Å². The summed E-state index contributed by atoms with van der Waals surface area (Å²) in [6.45, 7) is 13.7. The van der Waals surface area contributed by atoms with Crippen molar-refractivity contribution in [3.8, 4) is 11.1 Å². The molecule has 2 aliphatic heterocycles. The lowest BCUT2D eigenvalue weighted by molar-refractivity contribution is 0.0336. The molecule has 6 rings (SSSR count). The van der Waals surface area contributed by atoms with Crippen LogP contribution in [0.4, 0.5) is 21.9 Å². The Morgan fingerprint density at radius 1 is 0.814 bits per heavy atom. The van der Waals surface area contributed by atoms with Crippen LogP contribution in [0.1, 0.15) is 32.0 Å². The molecule has 0 unspecified atom stereocenters. The Bertz CT molecular complexity index is 1570. The highest BCUT2D eigenvalue weighted by molar-refractivity contribution is 6.10. The van der Waals surface area contributed by atoms with E-state index in [1.54, 1.807) is 0 Å². The average molecular weight is 580 g/mol.